The summed E-state index contributed by atoms with van der Waals surface area (Å²) in [6.07, 6.45) is 3.30. The van der Waals surface area contributed by atoms with Gasteiger partial charge in [0.05, 0.1) is 6.54 Å². The van der Waals surface area contributed by atoms with E-state index in [-0.39, 0.29) is 0 Å². The van der Waals surface area contributed by atoms with Crippen LogP contribution in [-0.4, -0.2) is 64.1 Å². The van der Waals surface area contributed by atoms with Crippen LogP contribution in [-0.2, 0) is 19.4 Å². The molecule has 0 N–H and O–H groups in total. The molecule has 2 aromatic heterocycles. The zero-order valence-corrected chi connectivity index (χ0v) is 19.0. The Kier molecular flexibility index (Phi) is 6.49. The summed E-state index contributed by atoms with van der Waals surface area (Å²) in [7, 11) is 2.22. The quantitative estimate of drug-likeness (QED) is 0.599. The number of hydrogen-bond acceptors (Lipinski definition) is 4. The Morgan fingerprint density at radius 1 is 0.933 bits per heavy atom. The third kappa shape index (κ3) is 4.73. The molecule has 1 aromatic carbocycles. The fourth-order valence-corrected chi connectivity index (χ4v) is 4.46. The summed E-state index contributed by atoms with van der Waals surface area (Å²) in [6.45, 7) is 13.2. The molecule has 0 atom stereocenters. The Morgan fingerprint density at radius 3 is 2.33 bits per heavy atom. The maximum atomic E-state index is 4.87. The topological polar surface area (TPSA) is 37.2 Å². The van der Waals surface area contributed by atoms with Crippen molar-refractivity contribution in [3.05, 3.63) is 58.5 Å². The van der Waals surface area contributed by atoms with Gasteiger partial charge in [-0.1, -0.05) is 31.2 Å². The molecule has 0 saturated carbocycles. The summed E-state index contributed by atoms with van der Waals surface area (Å²) in [6, 6.07) is 11.3. The molecule has 30 heavy (non-hydrogen) atoms. The molecule has 0 amide bonds. The van der Waals surface area contributed by atoms with E-state index in [1.807, 2.05) is 0 Å². The van der Waals surface area contributed by atoms with Gasteiger partial charge in [-0.15, -0.1) is 0 Å². The number of piperazine rings is 1. The Bertz CT molecular complexity index is 981. The molecule has 1 fully saturated rings. The maximum absolute atomic E-state index is 4.87. The van der Waals surface area contributed by atoms with Crippen LogP contribution in [0.15, 0.2) is 30.3 Å². The number of nitrogens with zero attached hydrogens (tertiary/aromatic N) is 5. The Hall–Kier alpha value is -2.24. The van der Waals surface area contributed by atoms with E-state index < -0.39 is 0 Å². The molecule has 3 heterocycles. The average molecular weight is 406 g/mol. The number of aromatic nitrogens is 3. The normalized spacial score (nSPS) is 15.9. The van der Waals surface area contributed by atoms with Crippen LogP contribution in [0.3, 0.4) is 0 Å². The largest absolute Gasteiger partial charge is 0.308 e. The van der Waals surface area contributed by atoms with Crippen LogP contribution >= 0.6 is 0 Å². The molecule has 0 bridgehead atoms. The minimum atomic E-state index is 0.830. The van der Waals surface area contributed by atoms with Crippen LogP contribution in [0.1, 0.15) is 41.6 Å². The minimum Gasteiger partial charge on any atom is -0.308 e. The fraction of sp³-hybridized carbons (Fsp3) is 0.520. The van der Waals surface area contributed by atoms with Crippen molar-refractivity contribution in [1.82, 2.24) is 24.3 Å². The predicted molar refractivity (Wildman–Crippen MR) is 124 cm³/mol. The van der Waals surface area contributed by atoms with Crippen molar-refractivity contribution in [2.45, 2.75) is 46.6 Å². The first-order valence-electron chi connectivity index (χ1n) is 11.4. The lowest BCUT2D eigenvalue weighted by molar-refractivity contribution is 0.153. The van der Waals surface area contributed by atoms with Gasteiger partial charge in [0.15, 0.2) is 5.65 Å². The van der Waals surface area contributed by atoms with Gasteiger partial charge in [0.1, 0.15) is 11.3 Å². The van der Waals surface area contributed by atoms with Crippen molar-refractivity contribution in [3.8, 4) is 0 Å². The molecular formula is C25H35N5. The van der Waals surface area contributed by atoms with E-state index >= 15 is 0 Å². The lowest BCUT2D eigenvalue weighted by Gasteiger charge is -2.32. The molecule has 0 unspecified atom stereocenters. The van der Waals surface area contributed by atoms with E-state index in [9.17, 15) is 0 Å². The second kappa shape index (κ2) is 9.27. The van der Waals surface area contributed by atoms with Gasteiger partial charge in [-0.3, -0.25) is 0 Å². The van der Waals surface area contributed by atoms with Gasteiger partial charge >= 0.3 is 0 Å². The molecular weight excluding hydrogens is 370 g/mol. The standard InChI is InChI=1S/C25H35N5/c1-5-23-27-24-19(2)17-20(3)26-25(24)30(23)18-22-10-8-21(9-11-22)7-6-12-29-15-13-28(4)14-16-29/h8-11,17H,5-7,12-16,18H2,1-4H3. The first-order chi connectivity index (χ1) is 14.5. The summed E-state index contributed by atoms with van der Waals surface area (Å²) in [5.41, 5.74) is 7.07. The number of rotatable bonds is 7. The zero-order valence-electron chi connectivity index (χ0n) is 19.0. The number of fused-ring (bicyclic) bond motifs is 1. The predicted octanol–water partition coefficient (Wildman–Crippen LogP) is 3.84. The van der Waals surface area contributed by atoms with Crippen LogP contribution in [0, 0.1) is 13.8 Å². The molecule has 1 aliphatic rings. The first kappa shape index (κ1) is 21.0. The van der Waals surface area contributed by atoms with Gasteiger partial charge in [0.25, 0.3) is 0 Å². The second-order valence-electron chi connectivity index (χ2n) is 8.79. The van der Waals surface area contributed by atoms with Crippen LogP contribution in [0.25, 0.3) is 11.2 Å². The second-order valence-corrected chi connectivity index (χ2v) is 8.79. The van der Waals surface area contributed by atoms with Crippen LogP contribution in [0.2, 0.25) is 0 Å². The third-order valence-electron chi connectivity index (χ3n) is 6.32. The molecule has 1 aliphatic heterocycles. The number of aryl methyl sites for hydroxylation is 4. The molecule has 160 valence electrons. The lowest BCUT2D eigenvalue weighted by atomic mass is 10.1. The van der Waals surface area contributed by atoms with Gasteiger partial charge in [-0.05, 0) is 63.0 Å². The molecule has 5 heteroatoms. The highest BCUT2D eigenvalue weighted by Gasteiger charge is 2.14. The third-order valence-corrected chi connectivity index (χ3v) is 6.32. The van der Waals surface area contributed by atoms with E-state index in [1.54, 1.807) is 0 Å². The number of hydrogen-bond donors (Lipinski definition) is 0. The highest BCUT2D eigenvalue weighted by Crippen LogP contribution is 2.21. The molecule has 0 spiro atoms. The summed E-state index contributed by atoms with van der Waals surface area (Å²) >= 11 is 0. The zero-order chi connectivity index (χ0) is 21.1. The summed E-state index contributed by atoms with van der Waals surface area (Å²) in [4.78, 5) is 14.7. The molecule has 3 aromatic rings. The Labute approximate surface area is 180 Å². The number of likely N-dealkylation sites (N-methyl/N-ethyl adjacent to an activating group) is 1. The van der Waals surface area contributed by atoms with Gasteiger partial charge in [0.2, 0.25) is 0 Å². The molecule has 0 radical (unpaired) electrons. The van der Waals surface area contributed by atoms with Crippen molar-refractivity contribution in [2.24, 2.45) is 0 Å². The maximum Gasteiger partial charge on any atom is 0.160 e. The van der Waals surface area contributed by atoms with E-state index in [1.165, 1.54) is 55.8 Å². The van der Waals surface area contributed by atoms with E-state index in [0.717, 1.165) is 42.1 Å². The lowest BCUT2D eigenvalue weighted by Crippen LogP contribution is -2.44. The van der Waals surface area contributed by atoms with Crippen molar-refractivity contribution in [2.75, 3.05) is 39.8 Å². The molecule has 0 aliphatic carbocycles. The van der Waals surface area contributed by atoms with Crippen molar-refractivity contribution < 1.29 is 0 Å². The SMILES string of the molecule is CCc1nc2c(C)cc(C)nc2n1Cc1ccc(CCCN2CCN(C)CC2)cc1. The van der Waals surface area contributed by atoms with Crippen molar-refractivity contribution in [3.63, 3.8) is 0 Å². The summed E-state index contributed by atoms with van der Waals surface area (Å²) in [5, 5.41) is 0. The number of pyridine rings is 1. The monoisotopic (exact) mass is 405 g/mol. The van der Waals surface area contributed by atoms with Crippen molar-refractivity contribution in [1.29, 1.82) is 0 Å². The highest BCUT2D eigenvalue weighted by molar-refractivity contribution is 5.76. The Morgan fingerprint density at radius 2 is 1.63 bits per heavy atom. The minimum absolute atomic E-state index is 0.830. The van der Waals surface area contributed by atoms with E-state index in [4.69, 9.17) is 9.97 Å². The van der Waals surface area contributed by atoms with Crippen LogP contribution < -0.4 is 0 Å². The number of imidazole rings is 1. The fourth-order valence-electron chi connectivity index (χ4n) is 4.46. The smallest absolute Gasteiger partial charge is 0.160 e. The van der Waals surface area contributed by atoms with Crippen LogP contribution in [0.5, 0.6) is 0 Å². The van der Waals surface area contributed by atoms with Crippen LogP contribution in [0.4, 0.5) is 0 Å². The molecule has 5 nitrogen and oxygen atoms in total. The van der Waals surface area contributed by atoms with Gasteiger partial charge in [-0.2, -0.15) is 0 Å². The van der Waals surface area contributed by atoms with Gasteiger partial charge in [0, 0.05) is 38.3 Å². The summed E-state index contributed by atoms with van der Waals surface area (Å²) in [5.74, 6) is 1.11. The van der Waals surface area contributed by atoms with E-state index in [2.05, 4.69) is 72.5 Å². The Balaban J connectivity index is 1.40. The van der Waals surface area contributed by atoms with Gasteiger partial charge < -0.3 is 14.4 Å². The first-order valence-corrected chi connectivity index (χ1v) is 11.4. The summed E-state index contributed by atoms with van der Waals surface area (Å²) < 4.78 is 2.29. The van der Waals surface area contributed by atoms with Crippen molar-refractivity contribution >= 4 is 11.2 Å². The molecule has 4 rings (SSSR count). The van der Waals surface area contributed by atoms with Gasteiger partial charge in [-0.25, -0.2) is 9.97 Å². The van der Waals surface area contributed by atoms with E-state index in [0.29, 0.717) is 0 Å². The molecule has 1 saturated heterocycles. The highest BCUT2D eigenvalue weighted by atomic mass is 15.2. The number of benzene rings is 1. The average Bonchev–Trinajstić information content (AvgIpc) is 3.08.